The Labute approximate surface area is 237 Å². The second kappa shape index (κ2) is 10.7. The molecule has 0 spiro atoms. The zero-order valence-electron chi connectivity index (χ0n) is 21.4. The number of carbonyl (C=O) groups excluding carboxylic acids is 2. The molecule has 2 bridgehead atoms. The van der Waals surface area contributed by atoms with Crippen molar-refractivity contribution in [3.8, 4) is 11.1 Å². The Bertz CT molecular complexity index is 1720. The number of sulfone groups is 1. The summed E-state index contributed by atoms with van der Waals surface area (Å²) in [5.41, 5.74) is -5.15. The zero-order valence-corrected chi connectivity index (χ0v) is 22.2. The molecule has 4 atom stereocenters. The van der Waals surface area contributed by atoms with Crippen LogP contribution in [0.4, 0.5) is 23.2 Å². The number of halogens is 4. The van der Waals surface area contributed by atoms with E-state index in [2.05, 4.69) is 10.6 Å². The second-order valence-electron chi connectivity index (χ2n) is 10.0. The SMILES string of the molecule is O=C(O)c1ccc(-c2cc(C(=O)N[C@@H]3[C@H](C(=O)Nc4cccc(S(=O)(=O)C(F)(F)F)c4)[C@H]4C=C[C@@H]3C4)ccc2F)cc1. The molecule has 3 aromatic rings. The molecule has 2 amide bonds. The van der Waals surface area contributed by atoms with Gasteiger partial charge in [0.05, 0.1) is 16.4 Å². The summed E-state index contributed by atoms with van der Waals surface area (Å²) >= 11 is 0. The monoisotopic (exact) mass is 602 g/mol. The van der Waals surface area contributed by atoms with Gasteiger partial charge >= 0.3 is 11.5 Å². The first-order chi connectivity index (χ1) is 19.8. The van der Waals surface area contributed by atoms with Crippen molar-refractivity contribution >= 4 is 33.3 Å². The minimum atomic E-state index is -5.62. The molecule has 0 heterocycles. The first-order valence-electron chi connectivity index (χ1n) is 12.6. The van der Waals surface area contributed by atoms with Gasteiger partial charge in [0, 0.05) is 22.9 Å². The predicted molar refractivity (Wildman–Crippen MR) is 143 cm³/mol. The molecular formula is C29H22F4N2O6S. The van der Waals surface area contributed by atoms with Crippen LogP contribution in [0.2, 0.25) is 0 Å². The smallest absolute Gasteiger partial charge is 0.478 e. The Balaban J connectivity index is 1.35. The molecular weight excluding hydrogens is 580 g/mol. The fourth-order valence-corrected chi connectivity index (χ4v) is 6.20. The van der Waals surface area contributed by atoms with Crippen LogP contribution in [0.25, 0.3) is 11.1 Å². The Kier molecular flexibility index (Phi) is 7.39. The number of rotatable bonds is 7. The normalized spacial score (nSPS) is 21.2. The molecule has 2 aliphatic rings. The second-order valence-corrected chi connectivity index (χ2v) is 12.0. The van der Waals surface area contributed by atoms with E-state index in [-0.39, 0.29) is 34.2 Å². The number of benzene rings is 3. The number of amides is 2. The highest BCUT2D eigenvalue weighted by molar-refractivity contribution is 7.92. The van der Waals surface area contributed by atoms with Gasteiger partial charge in [0.1, 0.15) is 5.82 Å². The van der Waals surface area contributed by atoms with Crippen LogP contribution >= 0.6 is 0 Å². The number of carboxylic acid groups (broad SMARTS) is 1. The van der Waals surface area contributed by atoms with Gasteiger partial charge < -0.3 is 15.7 Å². The fourth-order valence-electron chi connectivity index (χ4n) is 5.39. The average Bonchev–Trinajstić information content (AvgIpc) is 3.55. The van der Waals surface area contributed by atoms with E-state index in [1.54, 1.807) is 0 Å². The van der Waals surface area contributed by atoms with E-state index in [9.17, 15) is 40.4 Å². The van der Waals surface area contributed by atoms with Crippen molar-refractivity contribution < 1.29 is 45.5 Å². The number of allylic oxidation sites excluding steroid dienone is 1. The van der Waals surface area contributed by atoms with E-state index in [0.29, 0.717) is 12.0 Å². The van der Waals surface area contributed by atoms with Crippen LogP contribution in [0.15, 0.2) is 83.8 Å². The molecule has 0 aromatic heterocycles. The van der Waals surface area contributed by atoms with E-state index >= 15 is 0 Å². The summed E-state index contributed by atoms with van der Waals surface area (Å²) in [7, 11) is -5.62. The van der Waals surface area contributed by atoms with Gasteiger partial charge in [-0.05, 0) is 72.4 Å². The molecule has 1 saturated carbocycles. The van der Waals surface area contributed by atoms with Crippen LogP contribution in [0.1, 0.15) is 27.1 Å². The van der Waals surface area contributed by atoms with Crippen molar-refractivity contribution in [2.45, 2.75) is 22.9 Å². The topological polar surface area (TPSA) is 130 Å². The maximum atomic E-state index is 14.6. The fraction of sp³-hybridized carbons (Fsp3) is 0.207. The van der Waals surface area contributed by atoms with Crippen LogP contribution < -0.4 is 10.6 Å². The highest BCUT2D eigenvalue weighted by Gasteiger charge is 2.49. The van der Waals surface area contributed by atoms with Gasteiger partial charge in [-0.3, -0.25) is 9.59 Å². The molecule has 42 heavy (non-hydrogen) atoms. The summed E-state index contributed by atoms with van der Waals surface area (Å²) in [6.07, 6.45) is 4.21. The van der Waals surface area contributed by atoms with E-state index in [1.807, 2.05) is 12.2 Å². The molecule has 2 aliphatic carbocycles. The zero-order chi connectivity index (χ0) is 30.4. The number of aromatic carboxylic acids is 1. The summed E-state index contributed by atoms with van der Waals surface area (Å²) in [6, 6.07) is 12.3. The van der Waals surface area contributed by atoms with Crippen LogP contribution in [-0.2, 0) is 14.6 Å². The maximum absolute atomic E-state index is 14.6. The van der Waals surface area contributed by atoms with Gasteiger partial charge in [0.25, 0.3) is 15.7 Å². The molecule has 218 valence electrons. The number of hydrogen-bond donors (Lipinski definition) is 3. The Hall–Kier alpha value is -4.52. The average molecular weight is 603 g/mol. The van der Waals surface area contributed by atoms with Crippen molar-refractivity contribution in [3.63, 3.8) is 0 Å². The molecule has 13 heteroatoms. The molecule has 3 aromatic carbocycles. The van der Waals surface area contributed by atoms with E-state index in [4.69, 9.17) is 5.11 Å². The summed E-state index contributed by atoms with van der Waals surface area (Å²) in [4.78, 5) is 36.6. The standard InChI is InChI=1S/C29H22F4N2O6S/c30-23-11-10-19(13-22(23)15-4-6-16(7-5-15)28(38)39)26(36)35-25-18-9-8-17(12-18)24(25)27(37)34-20-2-1-3-21(14-20)42(40,41)29(31,32)33/h1-11,13-14,17-18,24-25H,12H2,(H,34,37)(H,35,36)(H,38,39)/t17-,18+,24+,25-/m0/s1. The highest BCUT2D eigenvalue weighted by Crippen LogP contribution is 2.44. The van der Waals surface area contributed by atoms with Gasteiger partial charge in [-0.15, -0.1) is 0 Å². The number of carbonyl (C=O) groups is 3. The first kappa shape index (κ1) is 29.0. The van der Waals surface area contributed by atoms with Crippen molar-refractivity contribution in [1.82, 2.24) is 5.32 Å². The van der Waals surface area contributed by atoms with E-state index in [1.165, 1.54) is 42.5 Å². The van der Waals surface area contributed by atoms with Crippen LogP contribution in [0, 0.1) is 23.6 Å². The Morgan fingerprint density at radius 2 is 1.55 bits per heavy atom. The lowest BCUT2D eigenvalue weighted by Gasteiger charge is -2.28. The molecule has 5 rings (SSSR count). The van der Waals surface area contributed by atoms with Crippen molar-refractivity contribution in [1.29, 1.82) is 0 Å². The number of fused-ring (bicyclic) bond motifs is 2. The van der Waals surface area contributed by atoms with Crippen molar-refractivity contribution in [3.05, 3.63) is 95.8 Å². The molecule has 0 aliphatic heterocycles. The lowest BCUT2D eigenvalue weighted by atomic mass is 9.87. The molecule has 0 unspecified atom stereocenters. The molecule has 3 N–H and O–H groups in total. The third-order valence-corrected chi connectivity index (χ3v) is 8.93. The quantitative estimate of drug-likeness (QED) is 0.257. The summed E-state index contributed by atoms with van der Waals surface area (Å²) in [5.74, 6) is -4.29. The van der Waals surface area contributed by atoms with Gasteiger partial charge in [-0.1, -0.05) is 30.4 Å². The number of carboxylic acids is 1. The van der Waals surface area contributed by atoms with E-state index < -0.39 is 55.8 Å². The minimum Gasteiger partial charge on any atom is -0.478 e. The van der Waals surface area contributed by atoms with Crippen molar-refractivity contribution in [2.75, 3.05) is 5.32 Å². The molecule has 8 nitrogen and oxygen atoms in total. The third kappa shape index (κ3) is 5.39. The van der Waals surface area contributed by atoms with E-state index in [0.717, 1.165) is 24.3 Å². The summed E-state index contributed by atoms with van der Waals surface area (Å²) in [6.45, 7) is 0. The Morgan fingerprint density at radius 3 is 2.21 bits per heavy atom. The Morgan fingerprint density at radius 1 is 0.881 bits per heavy atom. The molecule has 0 saturated heterocycles. The number of alkyl halides is 3. The lowest BCUT2D eigenvalue weighted by Crippen LogP contribution is -2.47. The van der Waals surface area contributed by atoms with Crippen LogP contribution in [0.5, 0.6) is 0 Å². The number of hydrogen-bond acceptors (Lipinski definition) is 5. The molecule has 0 radical (unpaired) electrons. The van der Waals surface area contributed by atoms with Gasteiger partial charge in [-0.2, -0.15) is 13.2 Å². The summed E-state index contributed by atoms with van der Waals surface area (Å²) < 4.78 is 77.2. The maximum Gasteiger partial charge on any atom is 0.501 e. The van der Waals surface area contributed by atoms with Gasteiger partial charge in [0.15, 0.2) is 0 Å². The van der Waals surface area contributed by atoms with Gasteiger partial charge in [-0.25, -0.2) is 17.6 Å². The van der Waals surface area contributed by atoms with Crippen molar-refractivity contribution in [2.24, 2.45) is 17.8 Å². The predicted octanol–water partition coefficient (Wildman–Crippen LogP) is 5.04. The van der Waals surface area contributed by atoms with Crippen LogP contribution in [0.3, 0.4) is 0 Å². The van der Waals surface area contributed by atoms with Crippen LogP contribution in [-0.4, -0.2) is 42.9 Å². The number of nitrogens with one attached hydrogen (secondary N) is 2. The summed E-state index contributed by atoms with van der Waals surface area (Å²) in [5, 5.41) is 14.4. The first-order valence-corrected chi connectivity index (χ1v) is 14.1. The lowest BCUT2D eigenvalue weighted by molar-refractivity contribution is -0.121. The number of anilines is 1. The highest BCUT2D eigenvalue weighted by atomic mass is 32.2. The largest absolute Gasteiger partial charge is 0.501 e. The third-order valence-electron chi connectivity index (χ3n) is 7.45. The molecule has 1 fully saturated rings. The van der Waals surface area contributed by atoms with Gasteiger partial charge in [0.2, 0.25) is 5.91 Å². The minimum absolute atomic E-state index is 0.00965.